The monoisotopic (exact) mass is 635 g/mol. The number of nitrogens with zero attached hydrogens (tertiary/aromatic N) is 3. The van der Waals surface area contributed by atoms with Crippen LogP contribution in [0.15, 0.2) is 69.9 Å². The second-order valence-electron chi connectivity index (χ2n) is 12.5. The van der Waals surface area contributed by atoms with Crippen molar-refractivity contribution in [1.82, 2.24) is 14.9 Å². The van der Waals surface area contributed by atoms with Crippen molar-refractivity contribution in [3.05, 3.63) is 122 Å². The molecular formula is C36H31F2N5O4. The lowest BCUT2D eigenvalue weighted by Gasteiger charge is -2.26. The minimum atomic E-state index is -0.993. The Morgan fingerprint density at radius 3 is 2.43 bits per heavy atom. The van der Waals surface area contributed by atoms with Crippen molar-refractivity contribution in [3.63, 3.8) is 0 Å². The highest BCUT2D eigenvalue weighted by Gasteiger charge is 2.44. The minimum absolute atomic E-state index is 0.0861. The van der Waals surface area contributed by atoms with E-state index in [2.05, 4.69) is 5.32 Å². The van der Waals surface area contributed by atoms with Gasteiger partial charge in [-0.25, -0.2) is 13.6 Å². The van der Waals surface area contributed by atoms with Crippen LogP contribution in [0.4, 0.5) is 8.78 Å². The van der Waals surface area contributed by atoms with Crippen LogP contribution in [0.25, 0.3) is 22.2 Å². The number of nitrogens with two attached hydrogens (primary N) is 1. The second kappa shape index (κ2) is 11.6. The number of amides is 2. The van der Waals surface area contributed by atoms with Crippen molar-refractivity contribution < 1.29 is 22.8 Å². The van der Waals surface area contributed by atoms with Gasteiger partial charge in [0, 0.05) is 12.0 Å². The molecule has 238 valence electrons. The number of pyridine rings is 1. The summed E-state index contributed by atoms with van der Waals surface area (Å²) in [5.41, 5.74) is 8.49. The molecule has 0 bridgehead atoms. The van der Waals surface area contributed by atoms with Crippen LogP contribution in [0.1, 0.15) is 82.5 Å². The van der Waals surface area contributed by atoms with E-state index in [1.807, 2.05) is 20.8 Å². The van der Waals surface area contributed by atoms with Crippen LogP contribution in [0.2, 0.25) is 0 Å². The highest BCUT2D eigenvalue weighted by molar-refractivity contribution is 6.12. The molecule has 2 aromatic heterocycles. The zero-order chi connectivity index (χ0) is 33.8. The van der Waals surface area contributed by atoms with Crippen molar-refractivity contribution in [1.29, 1.82) is 5.26 Å². The van der Waals surface area contributed by atoms with Gasteiger partial charge in [-0.1, -0.05) is 38.1 Å². The van der Waals surface area contributed by atoms with Gasteiger partial charge in [0.25, 0.3) is 11.8 Å². The molecule has 0 aliphatic carbocycles. The van der Waals surface area contributed by atoms with Gasteiger partial charge in [-0.15, -0.1) is 0 Å². The lowest BCUT2D eigenvalue weighted by atomic mass is 9.84. The Balaban J connectivity index is 1.54. The average molecular weight is 636 g/mol. The summed E-state index contributed by atoms with van der Waals surface area (Å²) in [5, 5.41) is 12.1. The average Bonchev–Trinajstić information content (AvgIpc) is 3.47. The van der Waals surface area contributed by atoms with Crippen LogP contribution in [0.5, 0.6) is 0 Å². The molecule has 3 aromatic carbocycles. The number of rotatable bonds is 8. The Morgan fingerprint density at radius 2 is 1.79 bits per heavy atom. The summed E-state index contributed by atoms with van der Waals surface area (Å²) in [7, 11) is 0. The SMILES string of the molecule is CC(C)Cc1nc2c(c(-c3ccc4c(c3)oc(=O)n4[C@@H](C)c3ccc(C#N)c(F)c3)c1C(N)=O)C(=O)N[C@@]2(C)Cc1ccc(F)cc1. The van der Waals surface area contributed by atoms with Gasteiger partial charge in [-0.3, -0.25) is 19.1 Å². The molecule has 2 amide bonds. The molecule has 3 N–H and O–H groups in total. The van der Waals surface area contributed by atoms with Gasteiger partial charge in [0.05, 0.1) is 45.2 Å². The maximum atomic E-state index is 14.4. The maximum absolute atomic E-state index is 14.4. The van der Waals surface area contributed by atoms with Crippen LogP contribution in [-0.2, 0) is 18.4 Å². The summed E-state index contributed by atoms with van der Waals surface area (Å²) < 4.78 is 35.1. The molecule has 0 radical (unpaired) electrons. The van der Waals surface area contributed by atoms with E-state index in [0.717, 1.165) is 5.56 Å². The van der Waals surface area contributed by atoms with Gasteiger partial charge >= 0.3 is 5.76 Å². The van der Waals surface area contributed by atoms with Crippen molar-refractivity contribution in [2.24, 2.45) is 11.7 Å². The van der Waals surface area contributed by atoms with Crippen LogP contribution >= 0.6 is 0 Å². The van der Waals surface area contributed by atoms with Gasteiger partial charge in [0.15, 0.2) is 5.58 Å². The normalized spacial score (nSPS) is 16.3. The van der Waals surface area contributed by atoms with E-state index >= 15 is 0 Å². The molecule has 0 saturated heterocycles. The number of fused-ring (bicyclic) bond motifs is 2. The molecule has 0 saturated carbocycles. The summed E-state index contributed by atoms with van der Waals surface area (Å²) in [5.74, 6) is -2.91. The fraction of sp³-hybridized carbons (Fsp3) is 0.250. The Hall–Kier alpha value is -5.63. The zero-order valence-electron chi connectivity index (χ0n) is 26.2. The molecule has 0 unspecified atom stereocenters. The number of oxazole rings is 1. The van der Waals surface area contributed by atoms with Gasteiger partial charge in [-0.2, -0.15) is 5.26 Å². The highest BCUT2D eigenvalue weighted by Crippen LogP contribution is 2.42. The summed E-state index contributed by atoms with van der Waals surface area (Å²) in [6.45, 7) is 7.49. The number of aromatic nitrogens is 2. The first-order chi connectivity index (χ1) is 22.3. The second-order valence-corrected chi connectivity index (χ2v) is 12.5. The van der Waals surface area contributed by atoms with E-state index in [1.165, 1.54) is 28.8 Å². The van der Waals surface area contributed by atoms with Crippen LogP contribution in [-0.4, -0.2) is 21.4 Å². The third-order valence-corrected chi connectivity index (χ3v) is 8.62. The largest absolute Gasteiger partial charge is 0.420 e. The van der Waals surface area contributed by atoms with Crippen molar-refractivity contribution in [3.8, 4) is 17.2 Å². The fourth-order valence-electron chi connectivity index (χ4n) is 6.44. The Labute approximate surface area is 268 Å². The highest BCUT2D eigenvalue weighted by atomic mass is 19.1. The number of halogens is 2. The smallest absolute Gasteiger partial charge is 0.408 e. The molecule has 3 heterocycles. The predicted molar refractivity (Wildman–Crippen MR) is 171 cm³/mol. The molecule has 9 nitrogen and oxygen atoms in total. The first-order valence-electron chi connectivity index (χ1n) is 15.1. The predicted octanol–water partition coefficient (Wildman–Crippen LogP) is 5.91. The molecular weight excluding hydrogens is 604 g/mol. The van der Waals surface area contributed by atoms with E-state index < -0.39 is 35.0 Å². The van der Waals surface area contributed by atoms with Crippen molar-refractivity contribution in [2.75, 3.05) is 0 Å². The Kier molecular flexibility index (Phi) is 7.76. The lowest BCUT2D eigenvalue weighted by molar-refractivity contribution is 0.0935. The molecule has 47 heavy (non-hydrogen) atoms. The van der Waals surface area contributed by atoms with E-state index in [0.29, 0.717) is 40.9 Å². The number of hydrogen-bond donors (Lipinski definition) is 2. The first kappa shape index (κ1) is 31.4. The van der Waals surface area contributed by atoms with Gasteiger partial charge in [0.1, 0.15) is 17.7 Å². The summed E-state index contributed by atoms with van der Waals surface area (Å²) in [6.07, 6.45) is 0.700. The van der Waals surface area contributed by atoms with Crippen molar-refractivity contribution >= 4 is 22.9 Å². The third kappa shape index (κ3) is 5.46. The number of nitriles is 1. The fourth-order valence-corrected chi connectivity index (χ4v) is 6.44. The number of hydrogen-bond acceptors (Lipinski definition) is 6. The molecule has 2 atom stereocenters. The van der Waals surface area contributed by atoms with Gasteiger partial charge in [-0.05, 0) is 79.3 Å². The number of primary amides is 1. The van der Waals surface area contributed by atoms with Crippen molar-refractivity contribution in [2.45, 2.75) is 52.1 Å². The lowest BCUT2D eigenvalue weighted by Crippen LogP contribution is -2.39. The molecule has 1 aliphatic heterocycles. The first-order valence-corrected chi connectivity index (χ1v) is 15.1. The summed E-state index contributed by atoms with van der Waals surface area (Å²) in [6, 6.07) is 16.1. The maximum Gasteiger partial charge on any atom is 0.420 e. The minimum Gasteiger partial charge on any atom is -0.408 e. The van der Waals surface area contributed by atoms with Crippen LogP contribution < -0.4 is 16.8 Å². The number of carbonyl (C=O) groups is 2. The summed E-state index contributed by atoms with van der Waals surface area (Å²) >= 11 is 0. The number of carbonyl (C=O) groups excluding carboxylic acids is 2. The van der Waals surface area contributed by atoms with Gasteiger partial charge in [0.2, 0.25) is 0 Å². The standard InChI is InChI=1S/C36H31F2N5O4/c1-18(2)13-26-30(33(40)44)29(31-32(41-26)36(4,42-34(31)45)16-20-5-10-24(37)11-6-20)22-9-12-27-28(15-22)47-35(46)43(27)19(3)21-7-8-23(17-39)25(38)14-21/h5-12,14-15,18-19H,13,16H2,1-4H3,(H2,40,44)(H,42,45)/t19-,36-/m0/s1. The van der Waals surface area contributed by atoms with Gasteiger partial charge < -0.3 is 15.5 Å². The van der Waals surface area contributed by atoms with E-state index in [4.69, 9.17) is 20.4 Å². The topological polar surface area (TPSA) is 144 Å². The molecule has 0 fully saturated rings. The molecule has 5 aromatic rings. The molecule has 6 rings (SSSR count). The third-order valence-electron chi connectivity index (χ3n) is 8.62. The molecule has 11 heteroatoms. The zero-order valence-corrected chi connectivity index (χ0v) is 26.2. The van der Waals surface area contributed by atoms with E-state index in [-0.39, 0.29) is 39.6 Å². The molecule has 1 aliphatic rings. The summed E-state index contributed by atoms with van der Waals surface area (Å²) in [4.78, 5) is 44.9. The van der Waals surface area contributed by atoms with Crippen LogP contribution in [0.3, 0.4) is 0 Å². The van der Waals surface area contributed by atoms with E-state index in [1.54, 1.807) is 49.4 Å². The Morgan fingerprint density at radius 1 is 1.06 bits per heavy atom. The number of nitrogens with one attached hydrogen (secondary N) is 1. The number of benzene rings is 3. The quantitative estimate of drug-likeness (QED) is 0.217. The Bertz CT molecular complexity index is 2200. The van der Waals surface area contributed by atoms with Crippen LogP contribution in [0, 0.1) is 28.9 Å². The van der Waals surface area contributed by atoms with E-state index in [9.17, 15) is 23.2 Å². The molecule has 0 spiro atoms.